The number of carbonyl (C=O) groups is 3. The molecule has 13 nitrogen and oxygen atoms in total. The van der Waals surface area contributed by atoms with Gasteiger partial charge in [0.25, 0.3) is 11.8 Å². The third kappa shape index (κ3) is 11.1. The van der Waals surface area contributed by atoms with Crippen LogP contribution < -0.4 is 31.9 Å². The Morgan fingerprint density at radius 2 is 1.30 bits per heavy atom. The lowest BCUT2D eigenvalue weighted by Crippen LogP contribution is -2.24. The number of anilines is 7. The van der Waals surface area contributed by atoms with Crippen LogP contribution in [0.5, 0.6) is 0 Å². The maximum atomic E-state index is 12.6. The molecule has 0 fully saturated rings. The average Bonchev–Trinajstić information content (AvgIpc) is 3.30. The van der Waals surface area contributed by atoms with Gasteiger partial charge in [0.05, 0.1) is 34.9 Å². The molecule has 56 heavy (non-hydrogen) atoms. The van der Waals surface area contributed by atoms with Crippen LogP contribution in [-0.2, 0) is 10.2 Å². The molecule has 0 aliphatic carbocycles. The second-order valence-electron chi connectivity index (χ2n) is 13.4. The van der Waals surface area contributed by atoms with E-state index in [9.17, 15) is 14.4 Å². The molecule has 5 aromatic rings. The van der Waals surface area contributed by atoms with Gasteiger partial charge in [-0.1, -0.05) is 75.2 Å². The van der Waals surface area contributed by atoms with E-state index in [1.54, 1.807) is 30.3 Å². The number of rotatable bonds is 12. The summed E-state index contributed by atoms with van der Waals surface area (Å²) < 4.78 is 0. The first-order valence-electron chi connectivity index (χ1n) is 18.1. The number of para-hydroxylation sites is 2. The summed E-state index contributed by atoms with van der Waals surface area (Å²) in [5, 5.41) is 18.8. The van der Waals surface area contributed by atoms with Crippen LogP contribution in [0.4, 0.5) is 40.3 Å². The smallest absolute Gasteiger partial charge is 0.253 e. The lowest BCUT2D eigenvalue weighted by molar-refractivity contribution is -0.116. The summed E-state index contributed by atoms with van der Waals surface area (Å²) in [6, 6.07) is 20.1. The van der Waals surface area contributed by atoms with Gasteiger partial charge in [-0.05, 0) is 84.3 Å². The number of aromatic nitrogens is 4. The number of hydrogen-bond acceptors (Lipinski definition) is 10. The zero-order valence-electron chi connectivity index (χ0n) is 31.4. The average molecular weight is 818 g/mol. The van der Waals surface area contributed by atoms with Crippen LogP contribution in [-0.4, -0.2) is 50.7 Å². The van der Waals surface area contributed by atoms with E-state index in [0.717, 1.165) is 36.2 Å². The lowest BCUT2D eigenvalue weighted by atomic mass is 9.80. The van der Waals surface area contributed by atoms with Gasteiger partial charge < -0.3 is 31.9 Å². The summed E-state index contributed by atoms with van der Waals surface area (Å²) in [5.74, 6) is 0.780. The SMILES string of the molecule is CCCNC(=O)c1ccccc1Nc1nc(Cl)ncc1Cl.CCCNC(=O)c1ccccc1Nc1nc(Nc2ccc3c(c2)C(C)(C)CCC(=O)N3)ncc1Cl. The zero-order valence-corrected chi connectivity index (χ0v) is 33.7. The quantitative estimate of drug-likeness (QED) is 0.0666. The van der Waals surface area contributed by atoms with Crippen molar-refractivity contribution in [2.75, 3.05) is 34.4 Å². The standard InChI is InChI=1S/C26H29ClN6O2.C14H14Cl2N4O/c1-4-13-28-24(35)17-7-5-6-8-20(17)32-23-19(27)15-29-25(33-23)30-16-9-10-21-18(14-16)26(2,3)12-11-22(34)31-21;1-2-7-17-13(21)9-5-3-4-6-11(9)19-12-10(15)8-18-14(16)20-12/h5-10,14-15H,4,11-13H2,1-3H3,(H,28,35)(H,31,34)(H2,29,30,32,33);3-6,8H,2,7H2,1H3,(H,17,21)(H,18,19,20). The fourth-order valence-corrected chi connectivity index (χ4v) is 6.05. The molecule has 3 heterocycles. The number of nitrogens with zero attached hydrogens (tertiary/aromatic N) is 4. The summed E-state index contributed by atoms with van der Waals surface area (Å²) in [7, 11) is 0. The van der Waals surface area contributed by atoms with Crippen LogP contribution in [0.2, 0.25) is 15.3 Å². The molecule has 1 aliphatic rings. The Morgan fingerprint density at radius 3 is 1.89 bits per heavy atom. The van der Waals surface area contributed by atoms with Gasteiger partial charge in [-0.25, -0.2) is 9.97 Å². The fourth-order valence-electron chi connectivity index (χ4n) is 5.64. The molecule has 292 valence electrons. The Hall–Kier alpha value is -5.50. The zero-order chi connectivity index (χ0) is 40.2. The normalized spacial score (nSPS) is 12.8. The van der Waals surface area contributed by atoms with Gasteiger partial charge >= 0.3 is 0 Å². The van der Waals surface area contributed by atoms with Crippen molar-refractivity contribution in [3.05, 3.63) is 111 Å². The van der Waals surface area contributed by atoms with Crippen molar-refractivity contribution in [2.24, 2.45) is 0 Å². The van der Waals surface area contributed by atoms with Crippen LogP contribution in [0, 0.1) is 0 Å². The van der Waals surface area contributed by atoms with Gasteiger partial charge in [-0.2, -0.15) is 9.97 Å². The Balaban J connectivity index is 0.000000244. The predicted octanol–water partition coefficient (Wildman–Crippen LogP) is 9.43. The molecule has 0 atom stereocenters. The van der Waals surface area contributed by atoms with Crippen LogP contribution in [0.15, 0.2) is 79.1 Å². The molecule has 3 aromatic carbocycles. The summed E-state index contributed by atoms with van der Waals surface area (Å²) >= 11 is 18.1. The van der Waals surface area contributed by atoms with Crippen molar-refractivity contribution < 1.29 is 14.4 Å². The molecular formula is C40H43Cl3N10O3. The van der Waals surface area contributed by atoms with Crippen molar-refractivity contribution >= 4 is 92.9 Å². The summed E-state index contributed by atoms with van der Waals surface area (Å²) in [6.07, 6.45) is 5.87. The highest BCUT2D eigenvalue weighted by molar-refractivity contribution is 6.34. The number of amides is 3. The van der Waals surface area contributed by atoms with E-state index in [4.69, 9.17) is 34.8 Å². The van der Waals surface area contributed by atoms with Crippen molar-refractivity contribution in [1.82, 2.24) is 30.6 Å². The van der Waals surface area contributed by atoms with E-state index in [2.05, 4.69) is 65.7 Å². The Morgan fingerprint density at radius 1 is 0.750 bits per heavy atom. The molecule has 6 N–H and O–H groups in total. The molecule has 0 unspecified atom stereocenters. The first-order valence-corrected chi connectivity index (χ1v) is 19.2. The second kappa shape index (κ2) is 19.4. The van der Waals surface area contributed by atoms with Crippen molar-refractivity contribution in [3.63, 3.8) is 0 Å². The number of nitrogens with one attached hydrogen (secondary N) is 6. The molecule has 2 aromatic heterocycles. The maximum absolute atomic E-state index is 12.6. The molecule has 16 heteroatoms. The number of fused-ring (bicyclic) bond motifs is 1. The first-order chi connectivity index (χ1) is 26.9. The second-order valence-corrected chi connectivity index (χ2v) is 14.5. The highest BCUT2D eigenvalue weighted by atomic mass is 35.5. The highest BCUT2D eigenvalue weighted by Crippen LogP contribution is 2.38. The van der Waals surface area contributed by atoms with Crippen molar-refractivity contribution in [1.29, 1.82) is 0 Å². The monoisotopic (exact) mass is 816 g/mol. The van der Waals surface area contributed by atoms with Gasteiger partial charge in [0.15, 0.2) is 11.6 Å². The molecule has 1 aliphatic heterocycles. The first kappa shape index (κ1) is 41.7. The van der Waals surface area contributed by atoms with Gasteiger partial charge in [-0.15, -0.1) is 0 Å². The fraction of sp³-hybridized carbons (Fsp3) is 0.275. The van der Waals surface area contributed by atoms with E-state index in [1.165, 1.54) is 12.4 Å². The minimum absolute atomic E-state index is 0.0259. The predicted molar refractivity (Wildman–Crippen MR) is 224 cm³/mol. The minimum Gasteiger partial charge on any atom is -0.352 e. The third-order valence-corrected chi connectivity index (χ3v) is 9.37. The largest absolute Gasteiger partial charge is 0.352 e. The molecule has 0 saturated heterocycles. The van der Waals surface area contributed by atoms with Crippen LogP contribution in [0.25, 0.3) is 0 Å². The van der Waals surface area contributed by atoms with E-state index < -0.39 is 0 Å². The summed E-state index contributed by atoms with van der Waals surface area (Å²) in [5.41, 5.74) is 4.70. The van der Waals surface area contributed by atoms with Crippen LogP contribution >= 0.6 is 34.8 Å². The van der Waals surface area contributed by atoms with E-state index in [0.29, 0.717) is 69.6 Å². The molecular weight excluding hydrogens is 775 g/mol. The number of halogens is 3. The molecule has 3 amide bonds. The van der Waals surface area contributed by atoms with Crippen molar-refractivity contribution in [2.45, 2.75) is 58.8 Å². The van der Waals surface area contributed by atoms with Crippen molar-refractivity contribution in [3.8, 4) is 0 Å². The number of carbonyl (C=O) groups excluding carboxylic acids is 3. The van der Waals surface area contributed by atoms with E-state index in [-0.39, 0.29) is 28.4 Å². The summed E-state index contributed by atoms with van der Waals surface area (Å²) in [4.78, 5) is 53.4. The van der Waals surface area contributed by atoms with Gasteiger partial charge in [0, 0.05) is 30.9 Å². The van der Waals surface area contributed by atoms with E-state index in [1.807, 2.05) is 50.2 Å². The van der Waals surface area contributed by atoms with Gasteiger partial charge in [0.1, 0.15) is 10.0 Å². The highest BCUT2D eigenvalue weighted by Gasteiger charge is 2.29. The minimum atomic E-state index is -0.168. The molecule has 0 saturated carbocycles. The lowest BCUT2D eigenvalue weighted by Gasteiger charge is -2.25. The third-order valence-electron chi connectivity index (χ3n) is 8.64. The molecule has 0 bridgehead atoms. The Bertz CT molecular complexity index is 2200. The maximum Gasteiger partial charge on any atom is 0.253 e. The van der Waals surface area contributed by atoms with E-state index >= 15 is 0 Å². The van der Waals surface area contributed by atoms with Gasteiger partial charge in [-0.3, -0.25) is 14.4 Å². The van der Waals surface area contributed by atoms with Crippen LogP contribution in [0.1, 0.15) is 79.7 Å². The summed E-state index contributed by atoms with van der Waals surface area (Å²) in [6.45, 7) is 9.47. The Kier molecular flexibility index (Phi) is 14.4. The Labute approximate surface area is 340 Å². The number of benzene rings is 3. The van der Waals surface area contributed by atoms with Gasteiger partial charge in [0.2, 0.25) is 17.1 Å². The molecule has 0 radical (unpaired) electrons. The topological polar surface area (TPSA) is 175 Å². The number of hydrogen-bond donors (Lipinski definition) is 6. The van der Waals surface area contributed by atoms with Crippen LogP contribution in [0.3, 0.4) is 0 Å². The molecule has 6 rings (SSSR count). The molecule has 0 spiro atoms.